The molecule has 1 aliphatic heterocycles. The van der Waals surface area contributed by atoms with Crippen molar-refractivity contribution in [3.63, 3.8) is 0 Å². The first-order valence-electron chi connectivity index (χ1n) is 10.1. The van der Waals surface area contributed by atoms with Gasteiger partial charge in [0.2, 0.25) is 5.91 Å². The van der Waals surface area contributed by atoms with Crippen molar-refractivity contribution in [1.82, 2.24) is 14.9 Å². The third kappa shape index (κ3) is 5.67. The molecule has 1 aromatic heterocycles. The molecule has 14 heteroatoms. The number of carbonyl (C=O) groups excluding carboxylic acids is 1. The summed E-state index contributed by atoms with van der Waals surface area (Å²) in [5, 5.41) is 3.28. The molecule has 4 rings (SSSR count). The molecule has 2 aromatic carbocycles. The lowest BCUT2D eigenvalue weighted by molar-refractivity contribution is -0.142. The van der Waals surface area contributed by atoms with Gasteiger partial charge in [0.05, 0.1) is 47.7 Å². The fraction of sp³-hybridized carbons (Fsp3) is 0.286. The van der Waals surface area contributed by atoms with Crippen LogP contribution in [0.1, 0.15) is 0 Å². The molecular formula is C21H19Cl2FN4O6S. The van der Waals surface area contributed by atoms with Crippen LogP contribution in [0.5, 0.6) is 11.5 Å². The first-order chi connectivity index (χ1) is 16.6. The van der Waals surface area contributed by atoms with Gasteiger partial charge in [0.1, 0.15) is 24.9 Å². The highest BCUT2D eigenvalue weighted by Gasteiger charge is 2.33. The topological polar surface area (TPSA) is 120 Å². The van der Waals surface area contributed by atoms with Crippen molar-refractivity contribution in [3.05, 3.63) is 46.5 Å². The van der Waals surface area contributed by atoms with E-state index in [0.29, 0.717) is 28.2 Å². The molecule has 3 aromatic rings. The minimum atomic E-state index is -3.71. The largest absolute Gasteiger partial charge is 0.493 e. The number of carbonyl (C=O) groups is 1. The predicted octanol–water partition coefficient (Wildman–Crippen LogP) is 3.39. The molecule has 10 nitrogen and oxygen atoms in total. The van der Waals surface area contributed by atoms with Crippen molar-refractivity contribution < 1.29 is 31.3 Å². The summed E-state index contributed by atoms with van der Waals surface area (Å²) in [6, 6.07) is 6.18. The number of amides is 1. The van der Waals surface area contributed by atoms with Gasteiger partial charge < -0.3 is 19.7 Å². The maximum absolute atomic E-state index is 14.6. The van der Waals surface area contributed by atoms with Crippen LogP contribution in [0.3, 0.4) is 0 Å². The first kappa shape index (κ1) is 25.2. The average Bonchev–Trinajstić information content (AvgIpc) is 2.79. The third-order valence-corrected chi connectivity index (χ3v) is 6.43. The lowest BCUT2D eigenvalue weighted by Gasteiger charge is -2.39. The van der Waals surface area contributed by atoms with Crippen LogP contribution in [-0.4, -0.2) is 68.4 Å². The van der Waals surface area contributed by atoms with Crippen molar-refractivity contribution in [3.8, 4) is 11.5 Å². The fourth-order valence-electron chi connectivity index (χ4n) is 3.31. The number of benzene rings is 2. The minimum absolute atomic E-state index is 0.0714. The number of hydrogen-bond donors (Lipinski definition) is 1. The molecule has 0 spiro atoms. The normalized spacial score (nSPS) is 14.0. The molecule has 1 amide bonds. The number of ether oxygens (including phenoxy) is 2. The number of aromatic nitrogens is 2. The van der Waals surface area contributed by atoms with Gasteiger partial charge in [-0.2, -0.15) is 8.42 Å². The van der Waals surface area contributed by atoms with Gasteiger partial charge >= 0.3 is 0 Å². The lowest BCUT2D eigenvalue weighted by Crippen LogP contribution is -2.57. The summed E-state index contributed by atoms with van der Waals surface area (Å²) in [5.74, 6) is -0.146. The third-order valence-electron chi connectivity index (χ3n) is 5.10. The number of methoxy groups -OCH3 is 1. The van der Waals surface area contributed by atoms with Gasteiger partial charge in [-0.3, -0.25) is 8.98 Å². The number of hydrogen-bond acceptors (Lipinski definition) is 9. The van der Waals surface area contributed by atoms with E-state index in [-0.39, 0.29) is 34.9 Å². The van der Waals surface area contributed by atoms with Gasteiger partial charge in [-0.1, -0.05) is 23.2 Å². The Bertz CT molecular complexity index is 1400. The Labute approximate surface area is 210 Å². The van der Waals surface area contributed by atoms with Crippen molar-refractivity contribution in [2.75, 3.05) is 38.4 Å². The summed E-state index contributed by atoms with van der Waals surface area (Å²) in [7, 11) is -2.24. The van der Waals surface area contributed by atoms with Gasteiger partial charge in [-0.15, -0.1) is 0 Å². The summed E-state index contributed by atoms with van der Waals surface area (Å²) in [5.41, 5.74) is 0.581. The van der Waals surface area contributed by atoms with E-state index in [2.05, 4.69) is 19.5 Å². The number of likely N-dealkylation sites (tertiary alicyclic amines) is 1. The molecule has 0 aliphatic carbocycles. The maximum Gasteiger partial charge on any atom is 0.264 e. The first-order valence-corrected chi connectivity index (χ1v) is 12.6. The number of halogens is 3. The summed E-state index contributed by atoms with van der Waals surface area (Å²) in [4.78, 5) is 21.9. The highest BCUT2D eigenvalue weighted by atomic mass is 35.5. The average molecular weight is 545 g/mol. The second kappa shape index (κ2) is 9.97. The number of nitrogens with one attached hydrogen (secondary N) is 1. The molecule has 186 valence electrons. The van der Waals surface area contributed by atoms with Crippen molar-refractivity contribution in [2.45, 2.75) is 6.10 Å². The molecular weight excluding hydrogens is 526 g/mol. The molecule has 35 heavy (non-hydrogen) atoms. The molecule has 1 N–H and O–H groups in total. The lowest BCUT2D eigenvalue weighted by atomic mass is 10.1. The molecule has 0 bridgehead atoms. The summed E-state index contributed by atoms with van der Waals surface area (Å²) >= 11 is 11.8. The van der Waals surface area contributed by atoms with Crippen LogP contribution in [0.25, 0.3) is 10.9 Å². The Balaban J connectivity index is 1.53. The summed E-state index contributed by atoms with van der Waals surface area (Å²) < 4.78 is 52.6. The zero-order valence-corrected chi connectivity index (χ0v) is 20.7. The smallest absolute Gasteiger partial charge is 0.264 e. The van der Waals surface area contributed by atoms with E-state index in [4.69, 9.17) is 32.7 Å². The van der Waals surface area contributed by atoms with Crippen molar-refractivity contribution >= 4 is 61.6 Å². The molecule has 0 atom stereocenters. The highest BCUT2D eigenvalue weighted by molar-refractivity contribution is 7.86. The van der Waals surface area contributed by atoms with E-state index in [9.17, 15) is 17.6 Å². The zero-order chi connectivity index (χ0) is 25.3. The van der Waals surface area contributed by atoms with Gasteiger partial charge in [0, 0.05) is 11.5 Å². The van der Waals surface area contributed by atoms with E-state index < -0.39 is 28.4 Å². The Hall–Kier alpha value is -2.93. The van der Waals surface area contributed by atoms with E-state index >= 15 is 0 Å². The second-order valence-corrected chi connectivity index (χ2v) is 10.0. The Morgan fingerprint density at radius 1 is 1.23 bits per heavy atom. The van der Waals surface area contributed by atoms with Crippen LogP contribution < -0.4 is 14.8 Å². The van der Waals surface area contributed by atoms with Crippen LogP contribution in [-0.2, 0) is 19.1 Å². The van der Waals surface area contributed by atoms with E-state index in [0.717, 1.165) is 6.26 Å². The minimum Gasteiger partial charge on any atom is -0.493 e. The van der Waals surface area contributed by atoms with Crippen LogP contribution >= 0.6 is 23.2 Å². The number of nitrogens with zero attached hydrogens (tertiary/aromatic N) is 3. The number of fused-ring (bicyclic) bond motifs is 1. The molecule has 1 saturated heterocycles. The van der Waals surface area contributed by atoms with E-state index in [1.165, 1.54) is 30.5 Å². The van der Waals surface area contributed by atoms with Crippen LogP contribution in [0.15, 0.2) is 30.6 Å². The van der Waals surface area contributed by atoms with Gasteiger partial charge in [0.25, 0.3) is 10.1 Å². The second-order valence-electron chi connectivity index (χ2n) is 7.60. The summed E-state index contributed by atoms with van der Waals surface area (Å²) in [6.07, 6.45) is 1.82. The van der Waals surface area contributed by atoms with E-state index in [1.54, 1.807) is 12.1 Å². The fourth-order valence-corrected chi connectivity index (χ4v) is 3.94. The Kier molecular flexibility index (Phi) is 7.17. The zero-order valence-electron chi connectivity index (χ0n) is 18.4. The van der Waals surface area contributed by atoms with Crippen LogP contribution in [0, 0.1) is 5.82 Å². The Morgan fingerprint density at radius 3 is 2.66 bits per heavy atom. The maximum atomic E-state index is 14.6. The Morgan fingerprint density at radius 2 is 1.97 bits per heavy atom. The van der Waals surface area contributed by atoms with Crippen LogP contribution in [0.4, 0.5) is 15.9 Å². The molecule has 1 fully saturated rings. The quantitative estimate of drug-likeness (QED) is 0.336. The molecule has 0 unspecified atom stereocenters. The van der Waals surface area contributed by atoms with Gasteiger partial charge in [-0.05, 0) is 18.2 Å². The van der Waals surface area contributed by atoms with Crippen LogP contribution in [0.2, 0.25) is 10.0 Å². The van der Waals surface area contributed by atoms with Crippen molar-refractivity contribution in [2.24, 2.45) is 0 Å². The molecule has 1 aliphatic rings. The highest BCUT2D eigenvalue weighted by Crippen LogP contribution is 2.37. The monoisotopic (exact) mass is 544 g/mol. The molecule has 0 saturated carbocycles. The summed E-state index contributed by atoms with van der Waals surface area (Å²) in [6.45, 7) is -0.0987. The molecule has 0 radical (unpaired) electrons. The van der Waals surface area contributed by atoms with E-state index in [1.807, 2.05) is 0 Å². The number of rotatable bonds is 8. The SMILES string of the molecule is COc1cc2ncnc(Nc3ccc(Cl)c(Cl)c3F)c2cc1OC1CN(C(=O)COS(C)(=O)=O)C1. The molecule has 2 heterocycles. The van der Waals surface area contributed by atoms with Crippen molar-refractivity contribution in [1.29, 1.82) is 0 Å². The van der Waals surface area contributed by atoms with Gasteiger partial charge in [-0.25, -0.2) is 14.4 Å². The predicted molar refractivity (Wildman–Crippen MR) is 128 cm³/mol. The number of anilines is 2. The van der Waals surface area contributed by atoms with Gasteiger partial charge in [0.15, 0.2) is 17.3 Å². The standard InChI is InChI=1S/C21H19Cl2FN4O6S/c1-32-16-6-15-12(21(26-10-25-15)27-14-4-3-13(22)19(23)20(14)24)5-17(16)34-11-7-28(8-11)18(29)9-33-35(2,30)31/h3-6,10-11H,7-9H2,1-2H3,(H,25,26,27).